The molecule has 21 heavy (non-hydrogen) atoms. The van der Waals surface area contributed by atoms with E-state index in [0.29, 0.717) is 6.42 Å². The van der Waals surface area contributed by atoms with E-state index in [9.17, 15) is 9.59 Å². The van der Waals surface area contributed by atoms with Gasteiger partial charge in [0.25, 0.3) is 5.79 Å². The molecule has 0 aliphatic carbocycles. The van der Waals surface area contributed by atoms with E-state index in [2.05, 4.69) is 27.0 Å². The second-order valence-electron chi connectivity index (χ2n) is 5.04. The first-order valence-corrected chi connectivity index (χ1v) is 7.70. The van der Waals surface area contributed by atoms with Crippen LogP contribution in [0.15, 0.2) is 25.3 Å². The van der Waals surface area contributed by atoms with E-state index in [0.717, 1.165) is 44.3 Å². The largest absolute Gasteiger partial charge is 0.419 e. The highest BCUT2D eigenvalue weighted by molar-refractivity contribution is 5.83. The molecule has 1 atom stereocenters. The minimum Gasteiger partial charge on any atom is -0.419 e. The molecule has 4 nitrogen and oxygen atoms in total. The Morgan fingerprint density at radius 2 is 1.52 bits per heavy atom. The summed E-state index contributed by atoms with van der Waals surface area (Å²) < 4.78 is 10.9. The van der Waals surface area contributed by atoms with Crippen LogP contribution in [0.3, 0.4) is 0 Å². The van der Waals surface area contributed by atoms with E-state index in [-0.39, 0.29) is 5.92 Å². The van der Waals surface area contributed by atoms with E-state index >= 15 is 0 Å². The van der Waals surface area contributed by atoms with E-state index in [1.54, 1.807) is 0 Å². The summed E-state index contributed by atoms with van der Waals surface area (Å²) in [6, 6.07) is 0. The van der Waals surface area contributed by atoms with Crippen molar-refractivity contribution in [2.45, 2.75) is 65.1 Å². The van der Waals surface area contributed by atoms with Gasteiger partial charge in [-0.15, -0.1) is 0 Å². The minimum absolute atomic E-state index is 0.0275. The van der Waals surface area contributed by atoms with Crippen LogP contribution in [0.4, 0.5) is 0 Å². The van der Waals surface area contributed by atoms with E-state index in [1.807, 2.05) is 6.92 Å². The zero-order valence-electron chi connectivity index (χ0n) is 13.5. The SMILES string of the molecule is C=CC(=O)OC(CC)(OC(=O)C=C)C(CCC)CCCC. The molecular weight excluding hydrogens is 268 g/mol. The molecule has 0 heterocycles. The Bertz CT molecular complexity index is 338. The lowest BCUT2D eigenvalue weighted by Gasteiger charge is -2.38. The molecule has 0 amide bonds. The average molecular weight is 296 g/mol. The first-order chi connectivity index (χ1) is 9.99. The molecule has 0 aromatic heterocycles. The van der Waals surface area contributed by atoms with Crippen molar-refractivity contribution in [3.63, 3.8) is 0 Å². The number of carbonyl (C=O) groups excluding carboxylic acids is 2. The highest BCUT2D eigenvalue weighted by Crippen LogP contribution is 2.35. The summed E-state index contributed by atoms with van der Waals surface area (Å²) in [6.07, 6.45) is 7.20. The minimum atomic E-state index is -1.23. The van der Waals surface area contributed by atoms with Crippen LogP contribution in [0.1, 0.15) is 59.3 Å². The molecule has 0 N–H and O–H groups in total. The fourth-order valence-electron chi connectivity index (χ4n) is 2.43. The van der Waals surface area contributed by atoms with E-state index in [1.165, 1.54) is 0 Å². The molecule has 1 unspecified atom stereocenters. The molecule has 120 valence electrons. The van der Waals surface area contributed by atoms with Crippen molar-refractivity contribution in [1.82, 2.24) is 0 Å². The molecule has 0 aliphatic rings. The third-order valence-electron chi connectivity index (χ3n) is 3.54. The lowest BCUT2D eigenvalue weighted by molar-refractivity contribution is -0.246. The van der Waals surface area contributed by atoms with Gasteiger partial charge in [-0.2, -0.15) is 0 Å². The van der Waals surface area contributed by atoms with Crippen molar-refractivity contribution in [2.75, 3.05) is 0 Å². The molecule has 0 saturated heterocycles. The van der Waals surface area contributed by atoms with Crippen molar-refractivity contribution in [1.29, 1.82) is 0 Å². The fraction of sp³-hybridized carbons (Fsp3) is 0.647. The number of esters is 2. The first-order valence-electron chi connectivity index (χ1n) is 7.70. The van der Waals surface area contributed by atoms with Gasteiger partial charge in [0.1, 0.15) is 0 Å². The zero-order valence-corrected chi connectivity index (χ0v) is 13.5. The van der Waals surface area contributed by atoms with Gasteiger partial charge in [0.05, 0.1) is 0 Å². The lowest BCUT2D eigenvalue weighted by Crippen LogP contribution is -2.46. The van der Waals surface area contributed by atoms with Crippen LogP contribution in [0.2, 0.25) is 0 Å². The quantitative estimate of drug-likeness (QED) is 0.326. The Balaban J connectivity index is 5.43. The molecule has 0 saturated carbocycles. The Hall–Kier alpha value is -1.58. The molecule has 4 heteroatoms. The Kier molecular flexibility index (Phi) is 9.42. The van der Waals surface area contributed by atoms with Gasteiger partial charge in [-0.1, -0.05) is 53.2 Å². The van der Waals surface area contributed by atoms with Gasteiger partial charge in [-0.25, -0.2) is 9.59 Å². The molecule has 0 aromatic rings. The molecule has 0 aliphatic heterocycles. The molecule has 0 bridgehead atoms. The Labute approximate surface area is 128 Å². The average Bonchev–Trinajstić information content (AvgIpc) is 2.50. The highest BCUT2D eigenvalue weighted by Gasteiger charge is 2.43. The molecule has 0 rings (SSSR count). The molecular formula is C17H28O4. The van der Waals surface area contributed by atoms with E-state index in [4.69, 9.17) is 9.47 Å². The van der Waals surface area contributed by atoms with Gasteiger partial charge < -0.3 is 9.47 Å². The Morgan fingerprint density at radius 1 is 1.00 bits per heavy atom. The van der Waals surface area contributed by atoms with Gasteiger partial charge in [0.2, 0.25) is 0 Å². The highest BCUT2D eigenvalue weighted by atomic mass is 16.7. The van der Waals surface area contributed by atoms with Gasteiger partial charge >= 0.3 is 11.9 Å². The third kappa shape index (κ3) is 6.15. The predicted octanol–water partition coefficient (Wildman–Crippen LogP) is 4.16. The van der Waals surface area contributed by atoms with Gasteiger partial charge in [-0.3, -0.25) is 0 Å². The van der Waals surface area contributed by atoms with Crippen molar-refractivity contribution in [2.24, 2.45) is 5.92 Å². The normalized spacial score (nSPS) is 12.3. The van der Waals surface area contributed by atoms with Crippen molar-refractivity contribution in [3.05, 3.63) is 25.3 Å². The summed E-state index contributed by atoms with van der Waals surface area (Å²) in [5.41, 5.74) is 0. The smallest absolute Gasteiger partial charge is 0.333 e. The summed E-state index contributed by atoms with van der Waals surface area (Å²) >= 11 is 0. The van der Waals surface area contributed by atoms with Crippen LogP contribution >= 0.6 is 0 Å². The van der Waals surface area contributed by atoms with Crippen LogP contribution in [-0.2, 0) is 19.1 Å². The summed E-state index contributed by atoms with van der Waals surface area (Å²) in [5.74, 6) is -2.42. The van der Waals surface area contributed by atoms with Crippen LogP contribution in [-0.4, -0.2) is 17.7 Å². The maximum atomic E-state index is 11.7. The van der Waals surface area contributed by atoms with Crippen molar-refractivity contribution in [3.8, 4) is 0 Å². The van der Waals surface area contributed by atoms with Crippen molar-refractivity contribution >= 4 is 11.9 Å². The zero-order chi connectivity index (χ0) is 16.3. The van der Waals surface area contributed by atoms with Crippen LogP contribution in [0, 0.1) is 5.92 Å². The summed E-state index contributed by atoms with van der Waals surface area (Å²) in [5, 5.41) is 0. The van der Waals surface area contributed by atoms with Crippen LogP contribution < -0.4 is 0 Å². The van der Waals surface area contributed by atoms with Crippen LogP contribution in [0.5, 0.6) is 0 Å². The second kappa shape index (κ2) is 10.2. The number of rotatable bonds is 11. The number of carbonyl (C=O) groups is 2. The standard InChI is InChI=1S/C17H28O4/c1-6-11-13-14(12-7-2)17(10-5,20-15(18)8-3)21-16(19)9-4/h8-9,14H,3-4,6-7,10-13H2,1-2,5H3. The summed E-state index contributed by atoms with van der Waals surface area (Å²) in [7, 11) is 0. The number of unbranched alkanes of at least 4 members (excludes halogenated alkanes) is 1. The predicted molar refractivity (Wildman–Crippen MR) is 83.5 cm³/mol. The third-order valence-corrected chi connectivity index (χ3v) is 3.54. The monoisotopic (exact) mass is 296 g/mol. The van der Waals surface area contributed by atoms with E-state index < -0.39 is 17.7 Å². The second-order valence-corrected chi connectivity index (χ2v) is 5.04. The summed E-state index contributed by atoms with van der Waals surface area (Å²) in [4.78, 5) is 23.4. The fourth-order valence-corrected chi connectivity index (χ4v) is 2.43. The van der Waals surface area contributed by atoms with Gasteiger partial charge in [-0.05, 0) is 12.8 Å². The Morgan fingerprint density at radius 3 is 1.86 bits per heavy atom. The number of hydrogen-bond donors (Lipinski definition) is 0. The lowest BCUT2D eigenvalue weighted by atomic mass is 9.86. The van der Waals surface area contributed by atoms with Gasteiger partial charge in [0, 0.05) is 24.5 Å². The molecule has 0 fully saturated rings. The van der Waals surface area contributed by atoms with Gasteiger partial charge in [0.15, 0.2) is 0 Å². The number of ether oxygens (including phenoxy) is 2. The molecule has 0 aromatic carbocycles. The molecule has 0 radical (unpaired) electrons. The molecule has 0 spiro atoms. The van der Waals surface area contributed by atoms with Crippen molar-refractivity contribution < 1.29 is 19.1 Å². The maximum Gasteiger partial charge on any atom is 0.333 e. The first kappa shape index (κ1) is 19.4. The summed E-state index contributed by atoms with van der Waals surface area (Å²) in [6.45, 7) is 12.8. The maximum absolute atomic E-state index is 11.7. The topological polar surface area (TPSA) is 52.6 Å². The van der Waals surface area contributed by atoms with Crippen LogP contribution in [0.25, 0.3) is 0 Å². The number of hydrogen-bond acceptors (Lipinski definition) is 4.